The van der Waals surface area contributed by atoms with Crippen LogP contribution in [0, 0.1) is 10.1 Å². The number of nitro groups is 1. The summed E-state index contributed by atoms with van der Waals surface area (Å²) < 4.78 is 27.0. The molecule has 27 heavy (non-hydrogen) atoms. The van der Waals surface area contributed by atoms with E-state index in [2.05, 4.69) is 16.3 Å². The number of nitrogens with zero attached hydrogens (tertiary/aromatic N) is 5. The Bertz CT molecular complexity index is 987. The predicted octanol–water partition coefficient (Wildman–Crippen LogP) is 1.38. The summed E-state index contributed by atoms with van der Waals surface area (Å²) in [6, 6.07) is 7.22. The smallest absolute Gasteiger partial charge is 0.270 e. The number of fused-ring (bicyclic) bond motifs is 1. The third kappa shape index (κ3) is 3.37. The maximum atomic E-state index is 12.8. The number of piperazine rings is 1. The fourth-order valence-corrected chi connectivity index (χ4v) is 5.00. The van der Waals surface area contributed by atoms with Crippen molar-refractivity contribution in [3.05, 3.63) is 51.7 Å². The Balaban J connectivity index is 1.48. The molecule has 2 aromatic rings. The number of sulfonamides is 1. The highest BCUT2D eigenvalue weighted by atomic mass is 32.2. The first-order chi connectivity index (χ1) is 12.9. The molecule has 0 bridgehead atoms. The second kappa shape index (κ2) is 6.86. The molecule has 1 aliphatic heterocycles. The van der Waals surface area contributed by atoms with Gasteiger partial charge in [0.25, 0.3) is 5.69 Å². The Kier molecular flexibility index (Phi) is 4.52. The third-order valence-electron chi connectivity index (χ3n) is 5.04. The van der Waals surface area contributed by atoms with Crippen LogP contribution >= 0.6 is 0 Å². The largest absolute Gasteiger partial charge is 0.352 e. The number of nitro benzene ring substituents is 1. The zero-order valence-electron chi connectivity index (χ0n) is 14.6. The SMILES string of the molecule is O=[N+]([O-])c1cccc(S(=O)(=O)N2CCN(c3cc4c(nn3)CCC4)CC2)c1. The molecule has 0 unspecified atom stereocenters. The number of rotatable bonds is 4. The van der Waals surface area contributed by atoms with Crippen molar-refractivity contribution in [1.82, 2.24) is 14.5 Å². The predicted molar refractivity (Wildman–Crippen MR) is 98.1 cm³/mol. The average Bonchev–Trinajstić information content (AvgIpc) is 3.16. The van der Waals surface area contributed by atoms with Crippen LogP contribution in [0.4, 0.5) is 11.5 Å². The second-order valence-electron chi connectivity index (χ2n) is 6.67. The van der Waals surface area contributed by atoms with E-state index in [1.807, 2.05) is 4.90 Å². The molecule has 9 nitrogen and oxygen atoms in total. The Labute approximate surface area is 156 Å². The maximum absolute atomic E-state index is 12.8. The first-order valence-corrected chi connectivity index (χ1v) is 10.2. The topological polar surface area (TPSA) is 110 Å². The molecule has 10 heteroatoms. The van der Waals surface area contributed by atoms with Crippen LogP contribution in [0.5, 0.6) is 0 Å². The van der Waals surface area contributed by atoms with Crippen molar-refractivity contribution in [1.29, 1.82) is 0 Å². The monoisotopic (exact) mass is 389 g/mol. The summed E-state index contributed by atoms with van der Waals surface area (Å²) in [4.78, 5) is 12.3. The standard InChI is InChI=1S/C17H19N5O4S/c23-22(24)14-4-2-5-15(12-14)27(25,26)21-9-7-20(8-10-21)17-11-13-3-1-6-16(13)18-19-17/h2,4-5,11-12H,1,3,6-10H2. The summed E-state index contributed by atoms with van der Waals surface area (Å²) >= 11 is 0. The van der Waals surface area contributed by atoms with Gasteiger partial charge in [-0.3, -0.25) is 10.1 Å². The van der Waals surface area contributed by atoms with Crippen molar-refractivity contribution in [2.75, 3.05) is 31.1 Å². The summed E-state index contributed by atoms with van der Waals surface area (Å²) in [7, 11) is -3.77. The van der Waals surface area contributed by atoms with Crippen LogP contribution < -0.4 is 4.90 Å². The fraction of sp³-hybridized carbons (Fsp3) is 0.412. The lowest BCUT2D eigenvalue weighted by atomic mass is 10.2. The number of benzene rings is 1. The van der Waals surface area contributed by atoms with Gasteiger partial charge in [0.2, 0.25) is 10.0 Å². The Hall–Kier alpha value is -2.59. The molecule has 1 aliphatic carbocycles. The van der Waals surface area contributed by atoms with Gasteiger partial charge < -0.3 is 4.90 Å². The lowest BCUT2D eigenvalue weighted by Gasteiger charge is -2.34. The van der Waals surface area contributed by atoms with E-state index in [9.17, 15) is 18.5 Å². The number of anilines is 1. The van der Waals surface area contributed by atoms with Gasteiger partial charge in [-0.05, 0) is 37.0 Å². The molecule has 1 aromatic heterocycles. The molecular weight excluding hydrogens is 370 g/mol. The summed E-state index contributed by atoms with van der Waals surface area (Å²) in [6.07, 6.45) is 3.08. The zero-order valence-corrected chi connectivity index (χ0v) is 15.4. The van der Waals surface area contributed by atoms with Gasteiger partial charge in [-0.15, -0.1) is 5.10 Å². The molecule has 1 fully saturated rings. The highest BCUT2D eigenvalue weighted by molar-refractivity contribution is 7.89. The van der Waals surface area contributed by atoms with E-state index in [1.165, 1.54) is 28.1 Å². The normalized spacial score (nSPS) is 17.7. The molecule has 0 saturated carbocycles. The molecule has 1 saturated heterocycles. The van der Waals surface area contributed by atoms with Gasteiger partial charge in [-0.2, -0.15) is 9.40 Å². The first-order valence-electron chi connectivity index (χ1n) is 8.80. The van der Waals surface area contributed by atoms with Crippen molar-refractivity contribution in [2.24, 2.45) is 0 Å². The van der Waals surface area contributed by atoms with E-state index in [1.54, 1.807) is 0 Å². The molecule has 0 atom stereocenters. The molecular formula is C17H19N5O4S. The van der Waals surface area contributed by atoms with Gasteiger partial charge in [0.05, 0.1) is 15.5 Å². The van der Waals surface area contributed by atoms with E-state index >= 15 is 0 Å². The molecule has 2 aliphatic rings. The molecule has 1 aromatic carbocycles. The Morgan fingerprint density at radius 2 is 1.81 bits per heavy atom. The minimum absolute atomic E-state index is 0.0533. The van der Waals surface area contributed by atoms with Gasteiger partial charge in [0.1, 0.15) is 0 Å². The highest BCUT2D eigenvalue weighted by Crippen LogP contribution is 2.25. The van der Waals surface area contributed by atoms with E-state index in [0.717, 1.165) is 36.8 Å². The van der Waals surface area contributed by atoms with Crippen molar-refractivity contribution in [3.8, 4) is 0 Å². The van der Waals surface area contributed by atoms with Crippen LogP contribution in [-0.2, 0) is 22.9 Å². The molecule has 0 amide bonds. The zero-order chi connectivity index (χ0) is 19.0. The summed E-state index contributed by atoms with van der Waals surface area (Å²) in [5.74, 6) is 0.781. The van der Waals surface area contributed by atoms with Gasteiger partial charge >= 0.3 is 0 Å². The second-order valence-corrected chi connectivity index (χ2v) is 8.61. The molecule has 0 spiro atoms. The van der Waals surface area contributed by atoms with Gasteiger partial charge in [-0.1, -0.05) is 6.07 Å². The molecule has 0 N–H and O–H groups in total. The highest BCUT2D eigenvalue weighted by Gasteiger charge is 2.30. The van der Waals surface area contributed by atoms with Crippen LogP contribution in [0.25, 0.3) is 0 Å². The quantitative estimate of drug-likeness (QED) is 0.574. The van der Waals surface area contributed by atoms with Gasteiger partial charge in [-0.25, -0.2) is 8.42 Å². The van der Waals surface area contributed by atoms with Gasteiger partial charge in [0, 0.05) is 38.3 Å². The van der Waals surface area contributed by atoms with Crippen LogP contribution in [0.1, 0.15) is 17.7 Å². The van der Waals surface area contributed by atoms with Crippen molar-refractivity contribution < 1.29 is 13.3 Å². The minimum atomic E-state index is -3.77. The van der Waals surface area contributed by atoms with Crippen LogP contribution in [0.3, 0.4) is 0 Å². The molecule has 2 heterocycles. The molecule has 142 valence electrons. The first kappa shape index (κ1) is 17.8. The Morgan fingerprint density at radius 3 is 2.56 bits per heavy atom. The number of aryl methyl sites for hydroxylation is 2. The van der Waals surface area contributed by atoms with Gasteiger partial charge in [0.15, 0.2) is 5.82 Å². The molecule has 4 rings (SSSR count). The summed E-state index contributed by atoms with van der Waals surface area (Å²) in [6.45, 7) is 1.59. The number of hydrogen-bond donors (Lipinski definition) is 0. The fourth-order valence-electron chi connectivity index (χ4n) is 3.54. The number of aromatic nitrogens is 2. The van der Waals surface area contributed by atoms with E-state index in [4.69, 9.17) is 0 Å². The van der Waals surface area contributed by atoms with Crippen LogP contribution in [0.15, 0.2) is 35.2 Å². The van der Waals surface area contributed by atoms with E-state index in [0.29, 0.717) is 26.2 Å². The number of non-ortho nitro benzene ring substituents is 1. The average molecular weight is 389 g/mol. The number of hydrogen-bond acceptors (Lipinski definition) is 7. The van der Waals surface area contributed by atoms with Crippen LogP contribution in [0.2, 0.25) is 0 Å². The van der Waals surface area contributed by atoms with E-state index < -0.39 is 14.9 Å². The molecule has 0 radical (unpaired) electrons. The third-order valence-corrected chi connectivity index (χ3v) is 6.93. The van der Waals surface area contributed by atoms with Crippen molar-refractivity contribution in [2.45, 2.75) is 24.2 Å². The maximum Gasteiger partial charge on any atom is 0.270 e. The van der Waals surface area contributed by atoms with Crippen LogP contribution in [-0.4, -0.2) is 54.0 Å². The van der Waals surface area contributed by atoms with E-state index in [-0.39, 0.29) is 10.6 Å². The summed E-state index contributed by atoms with van der Waals surface area (Å²) in [5, 5.41) is 19.5. The lowest BCUT2D eigenvalue weighted by molar-refractivity contribution is -0.385. The lowest BCUT2D eigenvalue weighted by Crippen LogP contribution is -2.49. The minimum Gasteiger partial charge on any atom is -0.352 e. The van der Waals surface area contributed by atoms with Crippen molar-refractivity contribution >= 4 is 21.5 Å². The van der Waals surface area contributed by atoms with Crippen molar-refractivity contribution in [3.63, 3.8) is 0 Å². The Morgan fingerprint density at radius 1 is 1.04 bits per heavy atom. The summed E-state index contributed by atoms with van der Waals surface area (Å²) in [5.41, 5.74) is 2.06.